The highest BCUT2D eigenvalue weighted by Gasteiger charge is 2.19. The molecule has 3 N–H and O–H groups in total. The Hall–Kier alpha value is -1.78. The topological polar surface area (TPSA) is 77.2 Å². The minimum atomic E-state index is -0.399. The molecule has 0 atom stereocenters. The number of anilines is 2. The Morgan fingerprint density at radius 3 is 3.00 bits per heavy atom. The number of aromatic nitrogens is 1. The first-order valence-corrected chi connectivity index (χ1v) is 6.37. The Kier molecular flexibility index (Phi) is 4.02. The summed E-state index contributed by atoms with van der Waals surface area (Å²) in [5, 5.41) is 3.21. The van der Waals surface area contributed by atoms with Crippen LogP contribution in [0.1, 0.15) is 36.5 Å². The third-order valence-corrected chi connectivity index (χ3v) is 3.27. The van der Waals surface area contributed by atoms with E-state index in [0.29, 0.717) is 29.6 Å². The van der Waals surface area contributed by atoms with Crippen LogP contribution in [-0.2, 0) is 4.74 Å². The molecular formula is C13H19N3O2. The van der Waals surface area contributed by atoms with Crippen LogP contribution in [0.3, 0.4) is 0 Å². The number of esters is 1. The van der Waals surface area contributed by atoms with E-state index in [1.165, 1.54) is 19.3 Å². The second kappa shape index (κ2) is 5.71. The molecule has 0 aliphatic heterocycles. The van der Waals surface area contributed by atoms with E-state index < -0.39 is 5.97 Å². The number of carbonyl (C=O) groups excluding carboxylic acids is 1. The second-order valence-electron chi connectivity index (χ2n) is 4.52. The summed E-state index contributed by atoms with van der Waals surface area (Å²) in [7, 11) is 0. The fourth-order valence-electron chi connectivity index (χ4n) is 1.94. The van der Waals surface area contributed by atoms with E-state index in [-0.39, 0.29) is 0 Å². The Morgan fingerprint density at radius 2 is 2.39 bits per heavy atom. The number of rotatable bonds is 5. The molecule has 18 heavy (non-hydrogen) atoms. The van der Waals surface area contributed by atoms with Gasteiger partial charge in [-0.15, -0.1) is 0 Å². The quantitative estimate of drug-likeness (QED) is 0.781. The molecule has 1 aromatic rings. The van der Waals surface area contributed by atoms with E-state index in [2.05, 4.69) is 10.3 Å². The van der Waals surface area contributed by atoms with Gasteiger partial charge in [0, 0.05) is 12.7 Å². The SMILES string of the molecule is CCOC(=O)c1ccnc(NCC2CCC2)c1N. The van der Waals surface area contributed by atoms with Gasteiger partial charge in [0.25, 0.3) is 0 Å². The normalized spacial score (nSPS) is 14.9. The molecule has 1 aromatic heterocycles. The molecule has 0 aromatic carbocycles. The number of hydrogen-bond donors (Lipinski definition) is 2. The molecule has 1 heterocycles. The molecule has 1 aliphatic rings. The maximum atomic E-state index is 11.7. The van der Waals surface area contributed by atoms with Crippen molar-refractivity contribution >= 4 is 17.5 Å². The van der Waals surface area contributed by atoms with Crippen molar-refractivity contribution in [2.24, 2.45) is 5.92 Å². The lowest BCUT2D eigenvalue weighted by molar-refractivity contribution is 0.0527. The van der Waals surface area contributed by atoms with E-state index in [9.17, 15) is 4.79 Å². The van der Waals surface area contributed by atoms with Crippen molar-refractivity contribution in [1.29, 1.82) is 0 Å². The van der Waals surface area contributed by atoms with Crippen LogP contribution in [-0.4, -0.2) is 24.1 Å². The van der Waals surface area contributed by atoms with Gasteiger partial charge in [0.2, 0.25) is 0 Å². The lowest BCUT2D eigenvalue weighted by Gasteiger charge is -2.25. The minimum Gasteiger partial charge on any atom is -0.462 e. The van der Waals surface area contributed by atoms with Gasteiger partial charge in [-0.1, -0.05) is 6.42 Å². The van der Waals surface area contributed by atoms with Crippen LogP contribution in [0, 0.1) is 5.92 Å². The molecule has 0 radical (unpaired) electrons. The number of ether oxygens (including phenoxy) is 1. The fourth-order valence-corrected chi connectivity index (χ4v) is 1.94. The molecule has 0 bridgehead atoms. The van der Waals surface area contributed by atoms with Crippen LogP contribution in [0.4, 0.5) is 11.5 Å². The van der Waals surface area contributed by atoms with Crippen molar-refractivity contribution in [1.82, 2.24) is 4.98 Å². The van der Waals surface area contributed by atoms with Crippen LogP contribution in [0.5, 0.6) is 0 Å². The van der Waals surface area contributed by atoms with Crippen LogP contribution in [0.25, 0.3) is 0 Å². The predicted molar refractivity (Wildman–Crippen MR) is 70.4 cm³/mol. The number of nitrogens with zero attached hydrogens (tertiary/aromatic N) is 1. The van der Waals surface area contributed by atoms with Crippen LogP contribution in [0.15, 0.2) is 12.3 Å². The van der Waals surface area contributed by atoms with E-state index in [1.807, 2.05) is 0 Å². The summed E-state index contributed by atoms with van der Waals surface area (Å²) in [6.07, 6.45) is 5.39. The lowest BCUT2D eigenvalue weighted by Crippen LogP contribution is -2.22. The summed E-state index contributed by atoms with van der Waals surface area (Å²) in [5.41, 5.74) is 6.68. The zero-order valence-electron chi connectivity index (χ0n) is 10.6. The standard InChI is InChI=1S/C13H19N3O2/c1-2-18-13(17)10-6-7-15-12(11(10)14)16-8-9-4-3-5-9/h6-7,9H,2-5,8,14H2,1H3,(H,15,16). The number of nitrogens with one attached hydrogen (secondary N) is 1. The molecular weight excluding hydrogens is 230 g/mol. The molecule has 1 aliphatic carbocycles. The van der Waals surface area contributed by atoms with Crippen molar-refractivity contribution in [2.75, 3.05) is 24.2 Å². The first-order chi connectivity index (χ1) is 8.72. The van der Waals surface area contributed by atoms with Gasteiger partial charge in [0.05, 0.1) is 17.9 Å². The Bertz CT molecular complexity index is 430. The highest BCUT2D eigenvalue weighted by molar-refractivity contribution is 5.97. The van der Waals surface area contributed by atoms with Gasteiger partial charge in [0.1, 0.15) is 5.82 Å². The smallest absolute Gasteiger partial charge is 0.340 e. The number of pyridine rings is 1. The highest BCUT2D eigenvalue weighted by atomic mass is 16.5. The second-order valence-corrected chi connectivity index (χ2v) is 4.52. The molecule has 98 valence electrons. The van der Waals surface area contributed by atoms with Crippen molar-refractivity contribution < 1.29 is 9.53 Å². The first-order valence-electron chi connectivity index (χ1n) is 6.37. The summed E-state index contributed by atoms with van der Waals surface area (Å²) in [6.45, 7) is 2.97. The summed E-state index contributed by atoms with van der Waals surface area (Å²) in [4.78, 5) is 15.8. The van der Waals surface area contributed by atoms with Gasteiger partial charge < -0.3 is 15.8 Å². The zero-order chi connectivity index (χ0) is 13.0. The van der Waals surface area contributed by atoms with Gasteiger partial charge in [-0.3, -0.25) is 0 Å². The molecule has 2 rings (SSSR count). The van der Waals surface area contributed by atoms with Crippen molar-refractivity contribution in [3.8, 4) is 0 Å². The molecule has 1 fully saturated rings. The van der Waals surface area contributed by atoms with Gasteiger partial charge in [-0.2, -0.15) is 0 Å². The van der Waals surface area contributed by atoms with E-state index in [4.69, 9.17) is 10.5 Å². The van der Waals surface area contributed by atoms with E-state index in [0.717, 1.165) is 6.54 Å². The average Bonchev–Trinajstić information content (AvgIpc) is 2.29. The van der Waals surface area contributed by atoms with Gasteiger partial charge >= 0.3 is 5.97 Å². The molecule has 1 saturated carbocycles. The number of nitrogen functional groups attached to an aromatic ring is 1. The average molecular weight is 249 g/mol. The third kappa shape index (κ3) is 2.72. The summed E-state index contributed by atoms with van der Waals surface area (Å²) < 4.78 is 4.95. The van der Waals surface area contributed by atoms with Crippen molar-refractivity contribution in [3.05, 3.63) is 17.8 Å². The number of nitrogens with two attached hydrogens (primary N) is 1. The van der Waals surface area contributed by atoms with E-state index >= 15 is 0 Å². The zero-order valence-corrected chi connectivity index (χ0v) is 10.6. The minimum absolute atomic E-state index is 0.339. The maximum absolute atomic E-state index is 11.7. The largest absolute Gasteiger partial charge is 0.462 e. The van der Waals surface area contributed by atoms with Crippen LogP contribution < -0.4 is 11.1 Å². The Morgan fingerprint density at radius 1 is 1.61 bits per heavy atom. The molecule has 0 unspecified atom stereocenters. The fraction of sp³-hybridized carbons (Fsp3) is 0.538. The Balaban J connectivity index is 2.05. The predicted octanol–water partition coefficient (Wildman–Crippen LogP) is 2.05. The molecule has 5 nitrogen and oxygen atoms in total. The van der Waals surface area contributed by atoms with Crippen molar-refractivity contribution in [3.63, 3.8) is 0 Å². The molecule has 0 spiro atoms. The van der Waals surface area contributed by atoms with E-state index in [1.54, 1.807) is 19.2 Å². The monoisotopic (exact) mass is 249 g/mol. The summed E-state index contributed by atoms with van der Waals surface area (Å²) >= 11 is 0. The third-order valence-electron chi connectivity index (χ3n) is 3.27. The molecule has 0 amide bonds. The van der Waals surface area contributed by atoms with Crippen molar-refractivity contribution in [2.45, 2.75) is 26.2 Å². The summed E-state index contributed by atoms with van der Waals surface area (Å²) in [6, 6.07) is 1.59. The van der Waals surface area contributed by atoms with Crippen LogP contribution >= 0.6 is 0 Å². The van der Waals surface area contributed by atoms with Crippen LogP contribution in [0.2, 0.25) is 0 Å². The van der Waals surface area contributed by atoms with Gasteiger partial charge in [0.15, 0.2) is 0 Å². The van der Waals surface area contributed by atoms with Gasteiger partial charge in [-0.25, -0.2) is 9.78 Å². The highest BCUT2D eigenvalue weighted by Crippen LogP contribution is 2.27. The first kappa shape index (κ1) is 12.7. The maximum Gasteiger partial charge on any atom is 0.340 e. The number of carbonyl (C=O) groups is 1. The Labute approximate surface area is 107 Å². The molecule has 0 saturated heterocycles. The van der Waals surface area contributed by atoms with Gasteiger partial charge in [-0.05, 0) is 31.7 Å². The lowest BCUT2D eigenvalue weighted by atomic mass is 9.85. The summed E-state index contributed by atoms with van der Waals surface area (Å²) in [5.74, 6) is 0.883. The number of hydrogen-bond acceptors (Lipinski definition) is 5. The molecule has 5 heteroatoms.